The Labute approximate surface area is 98.6 Å². The van der Waals surface area contributed by atoms with Gasteiger partial charge in [-0.1, -0.05) is 0 Å². The van der Waals surface area contributed by atoms with Gasteiger partial charge >= 0.3 is 0 Å². The quantitative estimate of drug-likeness (QED) is 0.661. The number of hydrogen-bond donors (Lipinski definition) is 2. The van der Waals surface area contributed by atoms with Crippen molar-refractivity contribution in [2.75, 3.05) is 13.2 Å². The van der Waals surface area contributed by atoms with Crippen LogP contribution in [0.3, 0.4) is 0 Å². The van der Waals surface area contributed by atoms with Crippen molar-refractivity contribution >= 4 is 0 Å². The standard InChI is InChI=1S/C13H25NO2/c1-9(2)16-8-12(15)7-14-13(10-3-4-10)11-5-6-11/h9-15H,3-8H2,1-2H3. The van der Waals surface area contributed by atoms with Crippen molar-refractivity contribution < 1.29 is 9.84 Å². The number of ether oxygens (including phenoxy) is 1. The summed E-state index contributed by atoms with van der Waals surface area (Å²) >= 11 is 0. The van der Waals surface area contributed by atoms with E-state index in [9.17, 15) is 5.11 Å². The Bertz CT molecular complexity index is 200. The molecule has 2 fully saturated rings. The topological polar surface area (TPSA) is 41.5 Å². The van der Waals surface area contributed by atoms with Gasteiger partial charge in [0.15, 0.2) is 0 Å². The van der Waals surface area contributed by atoms with Crippen LogP contribution in [-0.2, 0) is 4.74 Å². The molecule has 0 aromatic carbocycles. The number of hydrogen-bond acceptors (Lipinski definition) is 3. The van der Waals surface area contributed by atoms with Crippen molar-refractivity contribution in [2.45, 2.75) is 57.8 Å². The maximum absolute atomic E-state index is 9.76. The molecule has 0 heterocycles. The highest BCUT2D eigenvalue weighted by atomic mass is 16.5. The van der Waals surface area contributed by atoms with Gasteiger partial charge in [0, 0.05) is 12.6 Å². The minimum Gasteiger partial charge on any atom is -0.389 e. The van der Waals surface area contributed by atoms with E-state index in [4.69, 9.17) is 4.74 Å². The van der Waals surface area contributed by atoms with Gasteiger partial charge in [0.1, 0.15) is 0 Å². The van der Waals surface area contributed by atoms with E-state index in [2.05, 4.69) is 5.32 Å². The molecular formula is C13H25NO2. The van der Waals surface area contributed by atoms with Crippen LogP contribution in [-0.4, -0.2) is 36.5 Å². The minimum atomic E-state index is -0.359. The van der Waals surface area contributed by atoms with Crippen molar-refractivity contribution in [1.29, 1.82) is 0 Å². The third-order valence-corrected chi connectivity index (χ3v) is 3.47. The third kappa shape index (κ3) is 4.04. The maximum Gasteiger partial charge on any atom is 0.0897 e. The molecule has 2 aliphatic carbocycles. The molecule has 0 aromatic rings. The first kappa shape index (κ1) is 12.3. The summed E-state index contributed by atoms with van der Waals surface area (Å²) in [4.78, 5) is 0. The molecular weight excluding hydrogens is 202 g/mol. The van der Waals surface area contributed by atoms with E-state index in [1.165, 1.54) is 25.7 Å². The molecule has 0 saturated heterocycles. The zero-order valence-corrected chi connectivity index (χ0v) is 10.5. The maximum atomic E-state index is 9.76. The Morgan fingerprint density at radius 1 is 1.19 bits per heavy atom. The van der Waals surface area contributed by atoms with Crippen molar-refractivity contribution in [3.63, 3.8) is 0 Å². The van der Waals surface area contributed by atoms with Gasteiger partial charge in [-0.25, -0.2) is 0 Å². The third-order valence-electron chi connectivity index (χ3n) is 3.47. The first-order chi connectivity index (χ1) is 7.66. The molecule has 0 spiro atoms. The van der Waals surface area contributed by atoms with Gasteiger partial charge in [-0.05, 0) is 51.4 Å². The zero-order chi connectivity index (χ0) is 11.5. The fraction of sp³-hybridized carbons (Fsp3) is 1.00. The van der Waals surface area contributed by atoms with Crippen LogP contribution in [0.4, 0.5) is 0 Å². The van der Waals surface area contributed by atoms with Crippen molar-refractivity contribution in [1.82, 2.24) is 5.32 Å². The Balaban J connectivity index is 1.61. The summed E-state index contributed by atoms with van der Waals surface area (Å²) in [6, 6.07) is 0.675. The Morgan fingerprint density at radius 3 is 2.19 bits per heavy atom. The van der Waals surface area contributed by atoms with E-state index in [0.29, 0.717) is 19.2 Å². The lowest BCUT2D eigenvalue weighted by molar-refractivity contribution is 0.00493. The average molecular weight is 227 g/mol. The van der Waals surface area contributed by atoms with E-state index in [-0.39, 0.29) is 12.2 Å². The number of nitrogens with one attached hydrogen (secondary N) is 1. The van der Waals surface area contributed by atoms with Crippen molar-refractivity contribution in [3.05, 3.63) is 0 Å². The van der Waals surface area contributed by atoms with Crippen LogP contribution in [0.15, 0.2) is 0 Å². The molecule has 0 aliphatic heterocycles. The molecule has 0 aromatic heterocycles. The van der Waals surface area contributed by atoms with Gasteiger partial charge < -0.3 is 15.2 Å². The molecule has 3 nitrogen and oxygen atoms in total. The second-order valence-corrected chi connectivity index (χ2v) is 5.64. The van der Waals surface area contributed by atoms with E-state index >= 15 is 0 Å². The van der Waals surface area contributed by atoms with Gasteiger partial charge in [-0.15, -0.1) is 0 Å². The highest BCUT2D eigenvalue weighted by Crippen LogP contribution is 2.44. The minimum absolute atomic E-state index is 0.206. The first-order valence-electron chi connectivity index (χ1n) is 6.70. The van der Waals surface area contributed by atoms with Crippen LogP contribution >= 0.6 is 0 Å². The molecule has 1 atom stereocenters. The smallest absolute Gasteiger partial charge is 0.0897 e. The van der Waals surface area contributed by atoms with Crippen LogP contribution < -0.4 is 5.32 Å². The van der Waals surface area contributed by atoms with E-state index in [1.807, 2.05) is 13.8 Å². The Morgan fingerprint density at radius 2 is 1.75 bits per heavy atom. The lowest BCUT2D eigenvalue weighted by Gasteiger charge is -2.20. The lowest BCUT2D eigenvalue weighted by Crippen LogP contribution is -2.40. The monoisotopic (exact) mass is 227 g/mol. The highest BCUT2D eigenvalue weighted by molar-refractivity contribution is 4.96. The molecule has 94 valence electrons. The van der Waals surface area contributed by atoms with Gasteiger partial charge in [-0.2, -0.15) is 0 Å². The van der Waals surface area contributed by atoms with Crippen molar-refractivity contribution in [3.8, 4) is 0 Å². The van der Waals surface area contributed by atoms with Crippen LogP contribution in [0.2, 0.25) is 0 Å². The van der Waals surface area contributed by atoms with E-state index in [1.54, 1.807) is 0 Å². The average Bonchev–Trinajstić information content (AvgIpc) is 3.07. The Hall–Kier alpha value is -0.120. The fourth-order valence-corrected chi connectivity index (χ4v) is 2.26. The molecule has 3 heteroatoms. The molecule has 0 bridgehead atoms. The molecule has 2 aliphatic rings. The van der Waals surface area contributed by atoms with Crippen molar-refractivity contribution in [2.24, 2.45) is 11.8 Å². The van der Waals surface area contributed by atoms with Gasteiger partial charge in [0.2, 0.25) is 0 Å². The van der Waals surface area contributed by atoms with Gasteiger partial charge in [-0.3, -0.25) is 0 Å². The summed E-state index contributed by atoms with van der Waals surface area (Å²) in [6.07, 6.45) is 5.37. The van der Waals surface area contributed by atoms with Gasteiger partial charge in [0.25, 0.3) is 0 Å². The Kier molecular flexibility index (Phi) is 4.22. The SMILES string of the molecule is CC(C)OCC(O)CNC(C1CC1)C1CC1. The second-order valence-electron chi connectivity index (χ2n) is 5.64. The van der Waals surface area contributed by atoms with Gasteiger partial charge in [0.05, 0.1) is 18.8 Å². The predicted molar refractivity (Wildman–Crippen MR) is 64.3 cm³/mol. The summed E-state index contributed by atoms with van der Waals surface area (Å²) in [7, 11) is 0. The van der Waals surface area contributed by atoms with Crippen LogP contribution in [0.1, 0.15) is 39.5 Å². The molecule has 16 heavy (non-hydrogen) atoms. The lowest BCUT2D eigenvalue weighted by atomic mass is 10.1. The van der Waals surface area contributed by atoms with Crippen LogP contribution in [0.25, 0.3) is 0 Å². The number of aliphatic hydroxyl groups is 1. The first-order valence-corrected chi connectivity index (χ1v) is 6.70. The normalized spacial score (nSPS) is 23.1. The summed E-state index contributed by atoms with van der Waals surface area (Å²) < 4.78 is 5.40. The van der Waals surface area contributed by atoms with Crippen LogP contribution in [0.5, 0.6) is 0 Å². The molecule has 2 N–H and O–H groups in total. The summed E-state index contributed by atoms with van der Waals surface area (Å²) in [5.41, 5.74) is 0. The summed E-state index contributed by atoms with van der Waals surface area (Å²) in [5.74, 6) is 1.79. The molecule has 2 rings (SSSR count). The van der Waals surface area contributed by atoms with Crippen LogP contribution in [0, 0.1) is 11.8 Å². The second kappa shape index (κ2) is 5.48. The molecule has 0 amide bonds. The highest BCUT2D eigenvalue weighted by Gasteiger charge is 2.41. The molecule has 2 saturated carbocycles. The fourth-order valence-electron chi connectivity index (χ4n) is 2.26. The summed E-state index contributed by atoms with van der Waals surface area (Å²) in [6.45, 7) is 5.13. The number of rotatable bonds is 8. The predicted octanol–water partition coefficient (Wildman–Crippen LogP) is 1.55. The van der Waals surface area contributed by atoms with E-state index in [0.717, 1.165) is 11.8 Å². The molecule has 1 unspecified atom stereocenters. The largest absolute Gasteiger partial charge is 0.389 e. The van der Waals surface area contributed by atoms with E-state index < -0.39 is 0 Å². The zero-order valence-electron chi connectivity index (χ0n) is 10.5. The summed E-state index contributed by atoms with van der Waals surface area (Å²) in [5, 5.41) is 13.3. The molecule has 0 radical (unpaired) electrons. The number of aliphatic hydroxyl groups excluding tert-OH is 1.